The van der Waals surface area contributed by atoms with Gasteiger partial charge in [0.15, 0.2) is 0 Å². The van der Waals surface area contributed by atoms with Crippen molar-refractivity contribution in [3.05, 3.63) is 59.7 Å². The molecule has 2 aromatic rings. The Morgan fingerprint density at radius 2 is 1.83 bits per heavy atom. The molecule has 0 aromatic heterocycles. The summed E-state index contributed by atoms with van der Waals surface area (Å²) in [6.07, 6.45) is 0.978. The van der Waals surface area contributed by atoms with Gasteiger partial charge in [0.2, 0.25) is 0 Å². The Morgan fingerprint density at radius 1 is 1.17 bits per heavy atom. The molecule has 0 unspecified atom stereocenters. The quantitative estimate of drug-likeness (QED) is 0.844. The highest BCUT2D eigenvalue weighted by molar-refractivity contribution is 7.92. The Labute approximate surface area is 136 Å². The maximum absolute atomic E-state index is 12.4. The lowest BCUT2D eigenvalue weighted by Gasteiger charge is -2.11. The lowest BCUT2D eigenvalue weighted by atomic mass is 9.99. The van der Waals surface area contributed by atoms with Gasteiger partial charge in [-0.3, -0.25) is 4.72 Å². The first-order valence-corrected chi connectivity index (χ1v) is 8.78. The average molecular weight is 333 g/mol. The molecule has 0 spiro atoms. The fourth-order valence-electron chi connectivity index (χ4n) is 2.14. The lowest BCUT2D eigenvalue weighted by Crippen LogP contribution is -2.13. The van der Waals surface area contributed by atoms with Gasteiger partial charge in [0.1, 0.15) is 0 Å². The first-order chi connectivity index (χ1) is 10.8. The molecule has 2 rings (SSSR count). The predicted molar refractivity (Wildman–Crippen MR) is 89.4 cm³/mol. The van der Waals surface area contributed by atoms with Crippen molar-refractivity contribution in [2.75, 3.05) is 4.72 Å². The van der Waals surface area contributed by atoms with Crippen LogP contribution < -0.4 is 4.72 Å². The number of hydrogen-bond donors (Lipinski definition) is 2. The third-order valence-corrected chi connectivity index (χ3v) is 5.13. The van der Waals surface area contributed by atoms with Gasteiger partial charge in [-0.15, -0.1) is 0 Å². The van der Waals surface area contributed by atoms with Crippen LogP contribution in [0.15, 0.2) is 53.4 Å². The van der Waals surface area contributed by atoms with E-state index in [0.29, 0.717) is 5.92 Å². The number of carboxylic acid groups (broad SMARTS) is 1. The Balaban J connectivity index is 2.25. The standard InChI is InChI=1S/C17H19NO4S/c1-3-12(2)13-7-9-16(10-8-13)23(21,22)18-15-6-4-5-14(11-15)17(19)20/h4-12,18H,3H2,1-2H3,(H,19,20)/t12-/m0/s1. The van der Waals surface area contributed by atoms with E-state index >= 15 is 0 Å². The number of carbonyl (C=O) groups is 1. The maximum atomic E-state index is 12.4. The minimum Gasteiger partial charge on any atom is -0.478 e. The lowest BCUT2D eigenvalue weighted by molar-refractivity contribution is 0.0697. The molecule has 122 valence electrons. The van der Waals surface area contributed by atoms with E-state index in [1.165, 1.54) is 24.3 Å². The van der Waals surface area contributed by atoms with Crippen LogP contribution >= 0.6 is 0 Å². The van der Waals surface area contributed by atoms with Crippen molar-refractivity contribution >= 4 is 21.7 Å². The van der Waals surface area contributed by atoms with E-state index in [4.69, 9.17) is 5.11 Å². The predicted octanol–water partition coefficient (Wildman–Crippen LogP) is 3.70. The minimum atomic E-state index is -3.75. The molecule has 0 aliphatic heterocycles. The number of sulfonamides is 1. The molecule has 0 amide bonds. The van der Waals surface area contributed by atoms with Crippen LogP contribution in [0.5, 0.6) is 0 Å². The molecule has 0 heterocycles. The fraction of sp³-hybridized carbons (Fsp3) is 0.235. The number of nitrogens with one attached hydrogen (secondary N) is 1. The summed E-state index contributed by atoms with van der Waals surface area (Å²) in [5.74, 6) is -0.740. The van der Waals surface area contributed by atoms with Gasteiger partial charge in [0, 0.05) is 5.69 Å². The maximum Gasteiger partial charge on any atom is 0.335 e. The second-order valence-electron chi connectivity index (χ2n) is 5.37. The molecule has 1 atom stereocenters. The molecule has 2 aromatic carbocycles. The molecular formula is C17H19NO4S. The molecular weight excluding hydrogens is 314 g/mol. The van der Waals surface area contributed by atoms with E-state index < -0.39 is 16.0 Å². The van der Waals surface area contributed by atoms with Gasteiger partial charge in [-0.25, -0.2) is 13.2 Å². The van der Waals surface area contributed by atoms with E-state index in [1.54, 1.807) is 24.3 Å². The molecule has 6 heteroatoms. The first kappa shape index (κ1) is 17.0. The Kier molecular flexibility index (Phi) is 5.05. The number of anilines is 1. The highest BCUT2D eigenvalue weighted by Gasteiger charge is 2.15. The first-order valence-electron chi connectivity index (χ1n) is 7.29. The number of benzene rings is 2. The third kappa shape index (κ3) is 4.10. The Hall–Kier alpha value is -2.34. The van der Waals surface area contributed by atoms with Gasteiger partial charge >= 0.3 is 5.97 Å². The van der Waals surface area contributed by atoms with Gasteiger partial charge in [0.05, 0.1) is 10.5 Å². The smallest absolute Gasteiger partial charge is 0.335 e. The van der Waals surface area contributed by atoms with Gasteiger partial charge in [-0.2, -0.15) is 0 Å². The fourth-order valence-corrected chi connectivity index (χ4v) is 3.19. The molecule has 0 saturated carbocycles. The normalized spacial score (nSPS) is 12.6. The molecule has 23 heavy (non-hydrogen) atoms. The summed E-state index contributed by atoms with van der Waals surface area (Å²) in [6, 6.07) is 12.4. The van der Waals surface area contributed by atoms with Crippen molar-refractivity contribution in [3.63, 3.8) is 0 Å². The largest absolute Gasteiger partial charge is 0.478 e. The van der Waals surface area contributed by atoms with E-state index in [1.807, 2.05) is 0 Å². The van der Waals surface area contributed by atoms with Crippen molar-refractivity contribution in [2.24, 2.45) is 0 Å². The minimum absolute atomic E-state index is 0.0253. The number of rotatable bonds is 6. The van der Waals surface area contributed by atoms with Crippen LogP contribution in [0.4, 0.5) is 5.69 Å². The van der Waals surface area contributed by atoms with E-state index in [-0.39, 0.29) is 16.1 Å². The van der Waals surface area contributed by atoms with Crippen molar-refractivity contribution in [3.8, 4) is 0 Å². The van der Waals surface area contributed by atoms with E-state index in [2.05, 4.69) is 18.6 Å². The van der Waals surface area contributed by atoms with Crippen LogP contribution in [0.25, 0.3) is 0 Å². The number of aromatic carboxylic acids is 1. The molecule has 5 nitrogen and oxygen atoms in total. The highest BCUT2D eigenvalue weighted by atomic mass is 32.2. The van der Waals surface area contributed by atoms with Crippen LogP contribution in [-0.2, 0) is 10.0 Å². The van der Waals surface area contributed by atoms with Crippen LogP contribution in [-0.4, -0.2) is 19.5 Å². The van der Waals surface area contributed by atoms with Crippen LogP contribution in [0.3, 0.4) is 0 Å². The summed E-state index contributed by atoms with van der Waals surface area (Å²) in [4.78, 5) is 11.1. The van der Waals surface area contributed by atoms with E-state index in [0.717, 1.165) is 12.0 Å². The van der Waals surface area contributed by atoms with Gasteiger partial charge < -0.3 is 5.11 Å². The monoisotopic (exact) mass is 333 g/mol. The van der Waals surface area contributed by atoms with Gasteiger partial charge in [0.25, 0.3) is 10.0 Å². The molecule has 2 N–H and O–H groups in total. The molecule has 0 saturated heterocycles. The second-order valence-corrected chi connectivity index (χ2v) is 7.05. The average Bonchev–Trinajstić information content (AvgIpc) is 2.54. The van der Waals surface area contributed by atoms with Crippen LogP contribution in [0, 0.1) is 0 Å². The summed E-state index contributed by atoms with van der Waals surface area (Å²) in [5.41, 5.74) is 1.33. The summed E-state index contributed by atoms with van der Waals surface area (Å²) in [5, 5.41) is 8.95. The zero-order valence-corrected chi connectivity index (χ0v) is 13.8. The van der Waals surface area contributed by atoms with Crippen molar-refractivity contribution in [2.45, 2.75) is 31.1 Å². The molecule has 0 radical (unpaired) electrons. The zero-order chi connectivity index (χ0) is 17.0. The second kappa shape index (κ2) is 6.83. The van der Waals surface area contributed by atoms with Gasteiger partial charge in [-0.05, 0) is 48.2 Å². The molecule has 0 bridgehead atoms. The SMILES string of the molecule is CC[C@H](C)c1ccc(S(=O)(=O)Nc2cccc(C(=O)O)c2)cc1. The zero-order valence-electron chi connectivity index (χ0n) is 13.0. The Bertz CT molecular complexity index is 798. The highest BCUT2D eigenvalue weighted by Crippen LogP contribution is 2.22. The molecule has 0 aliphatic carbocycles. The van der Waals surface area contributed by atoms with Crippen molar-refractivity contribution in [1.82, 2.24) is 0 Å². The topological polar surface area (TPSA) is 83.5 Å². The number of hydrogen-bond acceptors (Lipinski definition) is 3. The van der Waals surface area contributed by atoms with Gasteiger partial charge in [-0.1, -0.05) is 32.0 Å². The Morgan fingerprint density at radius 3 is 2.39 bits per heavy atom. The number of carboxylic acids is 1. The third-order valence-electron chi connectivity index (χ3n) is 3.73. The summed E-state index contributed by atoms with van der Waals surface area (Å²) in [7, 11) is -3.75. The van der Waals surface area contributed by atoms with Crippen LogP contribution in [0.1, 0.15) is 42.1 Å². The molecule has 0 fully saturated rings. The van der Waals surface area contributed by atoms with Crippen LogP contribution in [0.2, 0.25) is 0 Å². The van der Waals surface area contributed by atoms with Crippen molar-refractivity contribution in [1.29, 1.82) is 0 Å². The van der Waals surface area contributed by atoms with Crippen molar-refractivity contribution < 1.29 is 18.3 Å². The summed E-state index contributed by atoms with van der Waals surface area (Å²) < 4.78 is 27.2. The summed E-state index contributed by atoms with van der Waals surface area (Å²) in [6.45, 7) is 4.16. The summed E-state index contributed by atoms with van der Waals surface area (Å²) >= 11 is 0. The van der Waals surface area contributed by atoms with E-state index in [9.17, 15) is 13.2 Å². The molecule has 0 aliphatic rings.